The van der Waals surface area contributed by atoms with Crippen molar-refractivity contribution in [1.29, 1.82) is 0 Å². The zero-order valence-electron chi connectivity index (χ0n) is 7.08. The highest BCUT2D eigenvalue weighted by atomic mass is 35.5. The molecule has 2 heterocycles. The molecule has 0 bridgehead atoms. The van der Waals surface area contributed by atoms with Crippen LogP contribution in [0.25, 0.3) is 0 Å². The average Bonchev–Trinajstić information content (AvgIpc) is 2.46. The molecular weight excluding hydrogens is 178 g/mol. The van der Waals surface area contributed by atoms with E-state index in [1.54, 1.807) is 0 Å². The van der Waals surface area contributed by atoms with Gasteiger partial charge in [-0.1, -0.05) is 0 Å². The topological polar surface area (TPSA) is 41.5 Å². The van der Waals surface area contributed by atoms with E-state index in [2.05, 4.69) is 5.32 Å². The van der Waals surface area contributed by atoms with E-state index in [1.807, 2.05) is 0 Å². The first-order valence-corrected chi connectivity index (χ1v) is 4.30. The Hall–Kier alpha value is 0.170. The molecule has 4 heteroatoms. The van der Waals surface area contributed by atoms with Crippen LogP contribution < -0.4 is 5.32 Å². The van der Waals surface area contributed by atoms with Crippen molar-refractivity contribution in [3.05, 3.63) is 0 Å². The SMILES string of the molecule is Cl.O[C@H]1CNCC[C@]12CCOC2. The van der Waals surface area contributed by atoms with E-state index < -0.39 is 0 Å². The van der Waals surface area contributed by atoms with Crippen molar-refractivity contribution in [3.63, 3.8) is 0 Å². The largest absolute Gasteiger partial charge is 0.391 e. The third-order valence-corrected chi connectivity index (χ3v) is 2.98. The minimum absolute atomic E-state index is 0. The van der Waals surface area contributed by atoms with Gasteiger partial charge in [0.25, 0.3) is 0 Å². The Labute approximate surface area is 78.9 Å². The van der Waals surface area contributed by atoms with Crippen molar-refractivity contribution >= 4 is 12.4 Å². The standard InChI is InChI=1S/C8H15NO2.ClH/c10-7-5-9-3-1-8(7)2-4-11-6-8;/h7,9-10H,1-6H2;1H/t7-,8+;/m0./s1. The maximum Gasteiger partial charge on any atom is 0.0744 e. The summed E-state index contributed by atoms with van der Waals surface area (Å²) in [6, 6.07) is 0. The molecule has 1 spiro atoms. The highest BCUT2D eigenvalue weighted by Gasteiger charge is 2.42. The second kappa shape index (κ2) is 3.92. The van der Waals surface area contributed by atoms with Gasteiger partial charge in [0.15, 0.2) is 0 Å². The summed E-state index contributed by atoms with van der Waals surface area (Å²) < 4.78 is 5.32. The Morgan fingerprint density at radius 3 is 2.83 bits per heavy atom. The number of hydrogen-bond donors (Lipinski definition) is 2. The summed E-state index contributed by atoms with van der Waals surface area (Å²) >= 11 is 0. The van der Waals surface area contributed by atoms with Gasteiger partial charge in [-0.15, -0.1) is 12.4 Å². The van der Waals surface area contributed by atoms with Gasteiger partial charge < -0.3 is 15.2 Å². The summed E-state index contributed by atoms with van der Waals surface area (Å²) in [6.45, 7) is 3.36. The fraction of sp³-hybridized carbons (Fsp3) is 1.00. The Bertz CT molecular complexity index is 148. The van der Waals surface area contributed by atoms with E-state index in [0.717, 1.165) is 39.1 Å². The molecule has 0 aromatic rings. The van der Waals surface area contributed by atoms with Crippen molar-refractivity contribution in [2.45, 2.75) is 18.9 Å². The Kier molecular flexibility index (Phi) is 3.35. The fourth-order valence-corrected chi connectivity index (χ4v) is 2.04. The molecular formula is C8H16ClNO2. The van der Waals surface area contributed by atoms with E-state index in [-0.39, 0.29) is 23.9 Å². The molecule has 12 heavy (non-hydrogen) atoms. The lowest BCUT2D eigenvalue weighted by Gasteiger charge is -2.37. The molecule has 0 aromatic heterocycles. The fourth-order valence-electron chi connectivity index (χ4n) is 2.04. The van der Waals surface area contributed by atoms with Gasteiger partial charge >= 0.3 is 0 Å². The van der Waals surface area contributed by atoms with Gasteiger partial charge in [-0.2, -0.15) is 0 Å². The maximum absolute atomic E-state index is 9.72. The molecule has 2 fully saturated rings. The average molecular weight is 194 g/mol. The third kappa shape index (κ3) is 1.59. The van der Waals surface area contributed by atoms with Crippen LogP contribution in [0.3, 0.4) is 0 Å². The zero-order valence-corrected chi connectivity index (χ0v) is 7.90. The van der Waals surface area contributed by atoms with Gasteiger partial charge in [-0.3, -0.25) is 0 Å². The van der Waals surface area contributed by atoms with Crippen molar-refractivity contribution in [2.75, 3.05) is 26.3 Å². The summed E-state index contributed by atoms with van der Waals surface area (Å²) in [5.74, 6) is 0. The normalized spacial score (nSPS) is 41.2. The number of aliphatic hydroxyl groups excluding tert-OH is 1. The Balaban J connectivity index is 0.000000720. The van der Waals surface area contributed by atoms with Crippen LogP contribution in [0.15, 0.2) is 0 Å². The molecule has 72 valence electrons. The molecule has 0 saturated carbocycles. The number of β-amino-alcohol motifs (C(OH)–C–C–N with tert-alkyl or cyclic N) is 1. The van der Waals surface area contributed by atoms with Gasteiger partial charge in [-0.25, -0.2) is 0 Å². The molecule has 2 aliphatic rings. The van der Waals surface area contributed by atoms with E-state index in [0.29, 0.717) is 0 Å². The number of halogens is 1. The molecule has 2 aliphatic heterocycles. The van der Waals surface area contributed by atoms with E-state index in [9.17, 15) is 5.11 Å². The van der Waals surface area contributed by atoms with Gasteiger partial charge in [0, 0.05) is 18.6 Å². The predicted octanol–water partition coefficient (Wildman–Crippen LogP) is 0.169. The molecule has 2 atom stereocenters. The summed E-state index contributed by atoms with van der Waals surface area (Å²) in [7, 11) is 0. The molecule has 2 N–H and O–H groups in total. The second-order valence-corrected chi connectivity index (χ2v) is 3.63. The molecule has 0 radical (unpaired) electrons. The molecule has 0 aliphatic carbocycles. The first kappa shape index (κ1) is 10.3. The van der Waals surface area contributed by atoms with Gasteiger partial charge in [0.2, 0.25) is 0 Å². The van der Waals surface area contributed by atoms with Gasteiger partial charge in [-0.05, 0) is 19.4 Å². The van der Waals surface area contributed by atoms with Crippen molar-refractivity contribution in [3.8, 4) is 0 Å². The third-order valence-electron chi connectivity index (χ3n) is 2.98. The molecule has 0 unspecified atom stereocenters. The highest BCUT2D eigenvalue weighted by molar-refractivity contribution is 5.85. The van der Waals surface area contributed by atoms with Gasteiger partial charge in [0.05, 0.1) is 12.7 Å². The number of rotatable bonds is 0. The molecule has 0 amide bonds. The first-order valence-electron chi connectivity index (χ1n) is 4.30. The van der Waals surface area contributed by atoms with E-state index in [1.165, 1.54) is 0 Å². The molecule has 2 saturated heterocycles. The summed E-state index contributed by atoms with van der Waals surface area (Å²) in [6.07, 6.45) is 1.91. The minimum atomic E-state index is -0.196. The first-order chi connectivity index (χ1) is 5.33. The molecule has 2 rings (SSSR count). The highest BCUT2D eigenvalue weighted by Crippen LogP contribution is 2.37. The van der Waals surface area contributed by atoms with Crippen LogP contribution in [0.4, 0.5) is 0 Å². The smallest absolute Gasteiger partial charge is 0.0744 e. The number of nitrogens with one attached hydrogen (secondary N) is 1. The van der Waals surface area contributed by atoms with Crippen LogP contribution >= 0.6 is 12.4 Å². The van der Waals surface area contributed by atoms with Crippen molar-refractivity contribution < 1.29 is 9.84 Å². The van der Waals surface area contributed by atoms with Crippen molar-refractivity contribution in [2.24, 2.45) is 5.41 Å². The predicted molar refractivity (Wildman–Crippen MR) is 48.6 cm³/mol. The van der Waals surface area contributed by atoms with E-state index in [4.69, 9.17) is 4.74 Å². The zero-order chi connectivity index (χ0) is 7.73. The Morgan fingerprint density at radius 1 is 1.42 bits per heavy atom. The quantitative estimate of drug-likeness (QED) is 0.577. The number of piperidine rings is 1. The lowest BCUT2D eigenvalue weighted by atomic mass is 9.76. The number of ether oxygens (including phenoxy) is 1. The summed E-state index contributed by atoms with van der Waals surface area (Å²) in [4.78, 5) is 0. The van der Waals surface area contributed by atoms with Crippen molar-refractivity contribution in [1.82, 2.24) is 5.32 Å². The van der Waals surface area contributed by atoms with Gasteiger partial charge in [0.1, 0.15) is 0 Å². The van der Waals surface area contributed by atoms with Crippen LogP contribution in [0.5, 0.6) is 0 Å². The van der Waals surface area contributed by atoms with Crippen LogP contribution in [-0.2, 0) is 4.74 Å². The number of aliphatic hydroxyl groups is 1. The molecule has 0 aromatic carbocycles. The lowest BCUT2D eigenvalue weighted by molar-refractivity contribution is -0.00739. The lowest BCUT2D eigenvalue weighted by Crippen LogP contribution is -2.49. The molecule has 3 nitrogen and oxygen atoms in total. The number of hydrogen-bond acceptors (Lipinski definition) is 3. The van der Waals surface area contributed by atoms with Crippen LogP contribution in [0.1, 0.15) is 12.8 Å². The summed E-state index contributed by atoms with van der Waals surface area (Å²) in [5, 5.41) is 12.9. The van der Waals surface area contributed by atoms with Crippen LogP contribution in [-0.4, -0.2) is 37.5 Å². The monoisotopic (exact) mass is 193 g/mol. The minimum Gasteiger partial charge on any atom is -0.391 e. The van der Waals surface area contributed by atoms with E-state index >= 15 is 0 Å². The Morgan fingerprint density at radius 2 is 2.25 bits per heavy atom. The van der Waals surface area contributed by atoms with Crippen LogP contribution in [0.2, 0.25) is 0 Å². The summed E-state index contributed by atoms with van der Waals surface area (Å²) in [5.41, 5.74) is 0.102. The second-order valence-electron chi connectivity index (χ2n) is 3.63. The van der Waals surface area contributed by atoms with Crippen LogP contribution in [0, 0.1) is 5.41 Å². The maximum atomic E-state index is 9.72.